The van der Waals surface area contributed by atoms with Crippen molar-refractivity contribution in [2.75, 3.05) is 11.1 Å². The number of benzene rings is 1. The minimum Gasteiger partial charge on any atom is -0.399 e. The van der Waals surface area contributed by atoms with Crippen molar-refractivity contribution in [1.29, 1.82) is 0 Å². The van der Waals surface area contributed by atoms with Crippen LogP contribution in [0.15, 0.2) is 24.3 Å². The molecule has 0 aromatic heterocycles. The quantitative estimate of drug-likeness (QED) is 0.680. The van der Waals surface area contributed by atoms with Crippen LogP contribution < -0.4 is 11.1 Å². The van der Waals surface area contributed by atoms with Gasteiger partial charge in [0.2, 0.25) is 0 Å². The lowest BCUT2D eigenvalue weighted by atomic mass is 9.78. The maximum atomic E-state index is 5.61. The lowest BCUT2D eigenvalue weighted by molar-refractivity contribution is 0.306. The van der Waals surface area contributed by atoms with Crippen LogP contribution in [-0.2, 0) is 0 Å². The highest BCUT2D eigenvalue weighted by Crippen LogP contribution is 2.34. The van der Waals surface area contributed by atoms with Crippen LogP contribution in [0.1, 0.15) is 26.2 Å². The SMILES string of the molecule is CC1(Nc2ccc(N)cc2)CCC1. The van der Waals surface area contributed by atoms with Gasteiger partial charge >= 0.3 is 0 Å². The topological polar surface area (TPSA) is 38.0 Å². The van der Waals surface area contributed by atoms with Gasteiger partial charge in [-0.15, -0.1) is 0 Å². The Morgan fingerprint density at radius 1 is 1.23 bits per heavy atom. The highest BCUT2D eigenvalue weighted by Gasteiger charge is 2.31. The second kappa shape index (κ2) is 2.95. The van der Waals surface area contributed by atoms with Gasteiger partial charge in [-0.25, -0.2) is 0 Å². The molecule has 2 rings (SSSR count). The third kappa shape index (κ3) is 1.77. The van der Waals surface area contributed by atoms with Crippen molar-refractivity contribution in [1.82, 2.24) is 0 Å². The molecule has 1 aromatic carbocycles. The molecule has 3 N–H and O–H groups in total. The van der Waals surface area contributed by atoms with E-state index in [1.165, 1.54) is 24.9 Å². The van der Waals surface area contributed by atoms with E-state index in [4.69, 9.17) is 5.73 Å². The van der Waals surface area contributed by atoms with E-state index in [9.17, 15) is 0 Å². The van der Waals surface area contributed by atoms with Crippen LogP contribution >= 0.6 is 0 Å². The van der Waals surface area contributed by atoms with E-state index in [0.29, 0.717) is 5.54 Å². The first-order chi connectivity index (χ1) is 6.18. The number of nitrogens with two attached hydrogens (primary N) is 1. The molecule has 70 valence electrons. The molecule has 1 aromatic rings. The predicted molar refractivity (Wildman–Crippen MR) is 56.7 cm³/mol. The van der Waals surface area contributed by atoms with Gasteiger partial charge in [0.15, 0.2) is 0 Å². The number of anilines is 2. The van der Waals surface area contributed by atoms with E-state index in [-0.39, 0.29) is 0 Å². The molecular weight excluding hydrogens is 160 g/mol. The van der Waals surface area contributed by atoms with Gasteiger partial charge in [-0.3, -0.25) is 0 Å². The van der Waals surface area contributed by atoms with Crippen molar-refractivity contribution in [3.8, 4) is 0 Å². The Labute approximate surface area is 79.1 Å². The monoisotopic (exact) mass is 176 g/mol. The lowest BCUT2D eigenvalue weighted by Gasteiger charge is -2.40. The molecule has 0 saturated heterocycles. The summed E-state index contributed by atoms with van der Waals surface area (Å²) in [5, 5.41) is 3.53. The zero-order chi connectivity index (χ0) is 9.31. The Morgan fingerprint density at radius 3 is 2.31 bits per heavy atom. The second-order valence-electron chi connectivity index (χ2n) is 4.16. The summed E-state index contributed by atoms with van der Waals surface area (Å²) < 4.78 is 0. The summed E-state index contributed by atoms with van der Waals surface area (Å²) >= 11 is 0. The van der Waals surface area contributed by atoms with Gasteiger partial charge in [0, 0.05) is 16.9 Å². The fourth-order valence-electron chi connectivity index (χ4n) is 1.75. The maximum Gasteiger partial charge on any atom is 0.0345 e. The van der Waals surface area contributed by atoms with Crippen LogP contribution in [0, 0.1) is 0 Å². The largest absolute Gasteiger partial charge is 0.399 e. The van der Waals surface area contributed by atoms with Gasteiger partial charge < -0.3 is 11.1 Å². The highest BCUT2D eigenvalue weighted by atomic mass is 15.0. The molecule has 2 nitrogen and oxygen atoms in total. The highest BCUT2D eigenvalue weighted by molar-refractivity contribution is 5.52. The molecule has 0 radical (unpaired) electrons. The Bertz CT molecular complexity index is 285. The summed E-state index contributed by atoms with van der Waals surface area (Å²) in [4.78, 5) is 0. The Balaban J connectivity index is 2.05. The molecule has 2 heteroatoms. The fraction of sp³-hybridized carbons (Fsp3) is 0.455. The maximum absolute atomic E-state index is 5.61. The average molecular weight is 176 g/mol. The smallest absolute Gasteiger partial charge is 0.0345 e. The normalized spacial score (nSPS) is 19.2. The summed E-state index contributed by atoms with van der Waals surface area (Å²) in [7, 11) is 0. The minimum absolute atomic E-state index is 0.329. The molecule has 1 saturated carbocycles. The van der Waals surface area contributed by atoms with Crippen LogP contribution in [-0.4, -0.2) is 5.54 Å². The molecule has 1 aliphatic rings. The number of hydrogen-bond acceptors (Lipinski definition) is 2. The molecular formula is C11H16N2. The van der Waals surface area contributed by atoms with Crippen molar-refractivity contribution in [2.45, 2.75) is 31.7 Å². The van der Waals surface area contributed by atoms with Crippen LogP contribution in [0.3, 0.4) is 0 Å². The number of hydrogen-bond donors (Lipinski definition) is 2. The first-order valence-electron chi connectivity index (χ1n) is 4.82. The van der Waals surface area contributed by atoms with Gasteiger partial charge in [0.1, 0.15) is 0 Å². The molecule has 0 heterocycles. The number of nitrogens with one attached hydrogen (secondary N) is 1. The van der Waals surface area contributed by atoms with Gasteiger partial charge in [0.25, 0.3) is 0 Å². The summed E-state index contributed by atoms with van der Waals surface area (Å²) in [5.41, 5.74) is 7.94. The van der Waals surface area contributed by atoms with Gasteiger partial charge in [0.05, 0.1) is 0 Å². The Morgan fingerprint density at radius 2 is 1.85 bits per heavy atom. The molecule has 0 atom stereocenters. The van der Waals surface area contributed by atoms with Crippen LogP contribution in [0.25, 0.3) is 0 Å². The Hall–Kier alpha value is -1.18. The number of rotatable bonds is 2. The molecule has 1 aliphatic carbocycles. The molecule has 13 heavy (non-hydrogen) atoms. The average Bonchev–Trinajstić information content (AvgIpc) is 2.06. The first-order valence-corrected chi connectivity index (χ1v) is 4.82. The summed E-state index contributed by atoms with van der Waals surface area (Å²) in [6.07, 6.45) is 3.90. The molecule has 0 spiro atoms. The van der Waals surface area contributed by atoms with E-state index in [0.717, 1.165) is 5.69 Å². The van der Waals surface area contributed by atoms with Crippen molar-refractivity contribution in [3.63, 3.8) is 0 Å². The van der Waals surface area contributed by atoms with E-state index >= 15 is 0 Å². The number of nitrogen functional groups attached to an aromatic ring is 1. The molecule has 0 bridgehead atoms. The van der Waals surface area contributed by atoms with Crippen molar-refractivity contribution < 1.29 is 0 Å². The van der Waals surface area contributed by atoms with E-state index in [1.807, 2.05) is 24.3 Å². The lowest BCUT2D eigenvalue weighted by Crippen LogP contribution is -2.41. The predicted octanol–water partition coefficient (Wildman–Crippen LogP) is 2.62. The first kappa shape index (κ1) is 8.42. The standard InChI is InChI=1S/C11H16N2/c1-11(7-2-8-11)13-10-5-3-9(12)4-6-10/h3-6,13H,2,7-8,12H2,1H3. The van der Waals surface area contributed by atoms with E-state index in [2.05, 4.69) is 12.2 Å². The zero-order valence-electron chi connectivity index (χ0n) is 8.01. The van der Waals surface area contributed by atoms with Crippen LogP contribution in [0.2, 0.25) is 0 Å². The molecule has 0 aliphatic heterocycles. The Kier molecular flexibility index (Phi) is 1.91. The second-order valence-corrected chi connectivity index (χ2v) is 4.16. The summed E-state index contributed by atoms with van der Waals surface area (Å²) in [6.45, 7) is 2.27. The van der Waals surface area contributed by atoms with E-state index in [1.54, 1.807) is 0 Å². The molecule has 0 unspecified atom stereocenters. The summed E-state index contributed by atoms with van der Waals surface area (Å²) in [5.74, 6) is 0. The minimum atomic E-state index is 0.329. The van der Waals surface area contributed by atoms with E-state index < -0.39 is 0 Å². The summed E-state index contributed by atoms with van der Waals surface area (Å²) in [6, 6.07) is 7.95. The van der Waals surface area contributed by atoms with Crippen molar-refractivity contribution >= 4 is 11.4 Å². The van der Waals surface area contributed by atoms with Crippen LogP contribution in [0.4, 0.5) is 11.4 Å². The van der Waals surface area contributed by atoms with Crippen molar-refractivity contribution in [2.24, 2.45) is 0 Å². The zero-order valence-corrected chi connectivity index (χ0v) is 8.01. The molecule has 0 amide bonds. The third-order valence-electron chi connectivity index (χ3n) is 2.81. The third-order valence-corrected chi connectivity index (χ3v) is 2.81. The van der Waals surface area contributed by atoms with Crippen molar-refractivity contribution in [3.05, 3.63) is 24.3 Å². The van der Waals surface area contributed by atoms with Gasteiger partial charge in [-0.1, -0.05) is 0 Å². The van der Waals surface area contributed by atoms with Gasteiger partial charge in [-0.05, 0) is 50.5 Å². The van der Waals surface area contributed by atoms with Crippen LogP contribution in [0.5, 0.6) is 0 Å². The molecule has 1 fully saturated rings. The fourth-order valence-corrected chi connectivity index (χ4v) is 1.75. The van der Waals surface area contributed by atoms with Gasteiger partial charge in [-0.2, -0.15) is 0 Å².